The number of halogens is 2. The number of hydrogen-bond donors (Lipinski definition) is 2. The number of benzene rings is 4. The molecule has 0 saturated heterocycles. The van der Waals surface area contributed by atoms with Gasteiger partial charge in [-0.15, -0.1) is 0 Å². The molecule has 0 amide bonds. The summed E-state index contributed by atoms with van der Waals surface area (Å²) in [7, 11) is -2.61. The van der Waals surface area contributed by atoms with E-state index in [9.17, 15) is 27.3 Å². The maximum atomic E-state index is 12.8. The molecule has 0 aliphatic heterocycles. The Morgan fingerprint density at radius 3 is 2.36 bits per heavy atom. The van der Waals surface area contributed by atoms with Crippen LogP contribution in [0.2, 0.25) is 0 Å². The molecule has 0 spiro atoms. The third-order valence-electron chi connectivity index (χ3n) is 5.62. The van der Waals surface area contributed by atoms with E-state index in [1.807, 2.05) is 36.4 Å². The summed E-state index contributed by atoms with van der Waals surface area (Å²) in [5, 5.41) is 17.9. The average molecular weight is 573 g/mol. The van der Waals surface area contributed by atoms with Crippen LogP contribution in [0.25, 0.3) is 10.8 Å². The number of ether oxygens (including phenoxy) is 1. The van der Waals surface area contributed by atoms with Crippen LogP contribution in [0.1, 0.15) is 12.5 Å². The largest absolute Gasteiger partial charge is 0.497 e. The zero-order valence-electron chi connectivity index (χ0n) is 20.6. The van der Waals surface area contributed by atoms with Gasteiger partial charge in [-0.05, 0) is 77.9 Å². The Kier molecular flexibility index (Phi) is 8.31. The lowest BCUT2D eigenvalue weighted by Gasteiger charge is -2.10. The molecule has 9 nitrogen and oxygen atoms in total. The van der Waals surface area contributed by atoms with Gasteiger partial charge in [-0.2, -0.15) is 13.9 Å². The van der Waals surface area contributed by atoms with Crippen LogP contribution < -0.4 is 14.9 Å². The molecule has 13 heteroatoms. The van der Waals surface area contributed by atoms with Gasteiger partial charge in [0.05, 0.1) is 22.6 Å². The van der Waals surface area contributed by atoms with Crippen molar-refractivity contribution in [1.82, 2.24) is 0 Å². The summed E-state index contributed by atoms with van der Waals surface area (Å²) >= 11 is 0.327. The van der Waals surface area contributed by atoms with E-state index < -0.39 is 26.4 Å². The molecule has 4 aromatic carbocycles. The van der Waals surface area contributed by atoms with Crippen molar-refractivity contribution in [2.24, 2.45) is 5.10 Å². The van der Waals surface area contributed by atoms with Gasteiger partial charge in [0.2, 0.25) is 0 Å². The summed E-state index contributed by atoms with van der Waals surface area (Å²) < 4.78 is 58.2. The number of nitrogens with zero attached hydrogens (tertiary/aromatic N) is 2. The van der Waals surface area contributed by atoms with Crippen LogP contribution in [0.5, 0.6) is 5.75 Å². The summed E-state index contributed by atoms with van der Waals surface area (Å²) in [5.41, 5.74) is 3.61. The molecule has 0 unspecified atom stereocenters. The Balaban J connectivity index is 1.54. The summed E-state index contributed by atoms with van der Waals surface area (Å²) in [4.78, 5) is 10.9. The summed E-state index contributed by atoms with van der Waals surface area (Å²) in [6.45, 7) is 1.73. The number of hydrogen-bond acceptors (Lipinski definition) is 8. The van der Waals surface area contributed by atoms with Gasteiger partial charge in [-0.1, -0.05) is 30.0 Å². The van der Waals surface area contributed by atoms with E-state index in [0.29, 0.717) is 17.5 Å². The first-order valence-corrected chi connectivity index (χ1v) is 13.7. The van der Waals surface area contributed by atoms with E-state index in [-0.39, 0.29) is 21.2 Å². The molecule has 2 N–H and O–H groups in total. The van der Waals surface area contributed by atoms with Crippen molar-refractivity contribution >= 4 is 55.3 Å². The minimum atomic E-state index is -4.20. The highest BCUT2D eigenvalue weighted by Crippen LogP contribution is 2.30. The quantitative estimate of drug-likeness (QED) is 0.0937. The minimum Gasteiger partial charge on any atom is -0.497 e. The topological polar surface area (TPSA) is 123 Å². The van der Waals surface area contributed by atoms with Crippen molar-refractivity contribution < 1.29 is 26.9 Å². The van der Waals surface area contributed by atoms with E-state index in [4.69, 9.17) is 4.74 Å². The highest BCUT2D eigenvalue weighted by molar-refractivity contribution is 7.99. The van der Waals surface area contributed by atoms with Crippen molar-refractivity contribution in [1.29, 1.82) is 0 Å². The lowest BCUT2D eigenvalue weighted by atomic mass is 10.0. The summed E-state index contributed by atoms with van der Waals surface area (Å²) in [5.74, 6) is -1.87. The van der Waals surface area contributed by atoms with E-state index in [1.165, 1.54) is 36.4 Å². The van der Waals surface area contributed by atoms with Crippen LogP contribution in [-0.2, 0) is 10.0 Å². The van der Waals surface area contributed by atoms with Crippen LogP contribution >= 0.6 is 11.8 Å². The number of methoxy groups -OCH3 is 1. The maximum absolute atomic E-state index is 12.8. The Labute approximate surface area is 227 Å². The van der Waals surface area contributed by atoms with Gasteiger partial charge < -0.3 is 4.74 Å². The highest BCUT2D eigenvalue weighted by Gasteiger charge is 2.22. The summed E-state index contributed by atoms with van der Waals surface area (Å²) in [6.07, 6.45) is 0. The van der Waals surface area contributed by atoms with Crippen molar-refractivity contribution in [2.75, 3.05) is 17.3 Å². The standard InChI is InChI=1S/C26H22F2N4O5S2/c1-16(17-3-4-19-14-21(37-2)8-5-18(19)13-17)29-30-24-12-11-23(15-25(24)32(33)34)39(35,36)31-20-6-9-22(10-7-20)38-26(27)28/h3-15,26,30-31H,1-2H3. The van der Waals surface area contributed by atoms with Crippen molar-refractivity contribution in [3.63, 3.8) is 0 Å². The van der Waals surface area contributed by atoms with Crippen LogP contribution in [-0.4, -0.2) is 31.9 Å². The molecular weight excluding hydrogens is 550 g/mol. The first-order chi connectivity index (χ1) is 18.6. The number of sulfonamides is 1. The number of rotatable bonds is 10. The molecule has 0 heterocycles. The smallest absolute Gasteiger partial charge is 0.295 e. The molecule has 0 atom stereocenters. The van der Waals surface area contributed by atoms with Gasteiger partial charge in [0.1, 0.15) is 11.4 Å². The van der Waals surface area contributed by atoms with Crippen molar-refractivity contribution in [3.05, 3.63) is 94.5 Å². The monoisotopic (exact) mass is 572 g/mol. The first-order valence-electron chi connectivity index (χ1n) is 11.3. The number of nitro groups is 1. The molecule has 0 bridgehead atoms. The number of nitro benzene ring substituents is 1. The number of fused-ring (bicyclic) bond motifs is 1. The fourth-order valence-corrected chi connectivity index (χ4v) is 5.20. The van der Waals surface area contributed by atoms with E-state index in [1.54, 1.807) is 14.0 Å². The van der Waals surface area contributed by atoms with Crippen molar-refractivity contribution in [2.45, 2.75) is 22.5 Å². The molecule has 0 aliphatic carbocycles. The van der Waals surface area contributed by atoms with E-state index in [2.05, 4.69) is 15.2 Å². The zero-order chi connectivity index (χ0) is 28.2. The second-order valence-corrected chi connectivity index (χ2v) is 10.9. The third kappa shape index (κ3) is 6.81. The van der Waals surface area contributed by atoms with Crippen LogP contribution in [0.15, 0.2) is 93.8 Å². The third-order valence-corrected chi connectivity index (χ3v) is 7.72. The van der Waals surface area contributed by atoms with Crippen LogP contribution in [0, 0.1) is 10.1 Å². The molecule has 0 radical (unpaired) electrons. The van der Waals surface area contributed by atoms with Gasteiger partial charge in [-0.3, -0.25) is 20.3 Å². The lowest BCUT2D eigenvalue weighted by Crippen LogP contribution is -2.13. The first kappa shape index (κ1) is 27.8. The fourth-order valence-electron chi connectivity index (χ4n) is 3.63. The zero-order valence-corrected chi connectivity index (χ0v) is 22.2. The van der Waals surface area contributed by atoms with Gasteiger partial charge >= 0.3 is 0 Å². The molecular formula is C26H22F2N4O5S2. The number of alkyl halides is 2. The highest BCUT2D eigenvalue weighted by atomic mass is 32.2. The normalized spacial score (nSPS) is 12.0. The molecule has 0 aromatic heterocycles. The van der Waals surface area contributed by atoms with Crippen LogP contribution in [0.3, 0.4) is 0 Å². The summed E-state index contributed by atoms with van der Waals surface area (Å²) in [6, 6.07) is 20.0. The fraction of sp³-hybridized carbons (Fsp3) is 0.115. The Morgan fingerprint density at radius 2 is 1.69 bits per heavy atom. The Bertz CT molecular complexity index is 1660. The predicted octanol–water partition coefficient (Wildman–Crippen LogP) is 6.71. The van der Waals surface area contributed by atoms with Gasteiger partial charge in [0, 0.05) is 16.6 Å². The molecule has 0 aliphatic rings. The number of nitrogens with one attached hydrogen (secondary N) is 2. The molecule has 0 saturated carbocycles. The molecule has 4 rings (SSSR count). The molecule has 0 fully saturated rings. The predicted molar refractivity (Wildman–Crippen MR) is 149 cm³/mol. The van der Waals surface area contributed by atoms with Gasteiger partial charge in [0.15, 0.2) is 0 Å². The molecule has 202 valence electrons. The van der Waals surface area contributed by atoms with Gasteiger partial charge in [-0.25, -0.2) is 8.42 Å². The molecule has 39 heavy (non-hydrogen) atoms. The Morgan fingerprint density at radius 1 is 1.00 bits per heavy atom. The second-order valence-electron chi connectivity index (χ2n) is 8.18. The lowest BCUT2D eigenvalue weighted by molar-refractivity contribution is -0.384. The molecule has 4 aromatic rings. The minimum absolute atomic E-state index is 0.00259. The maximum Gasteiger partial charge on any atom is 0.295 e. The van der Waals surface area contributed by atoms with E-state index >= 15 is 0 Å². The number of anilines is 2. The van der Waals surface area contributed by atoms with Crippen LogP contribution in [0.4, 0.5) is 25.8 Å². The van der Waals surface area contributed by atoms with E-state index in [0.717, 1.165) is 28.2 Å². The average Bonchev–Trinajstić information content (AvgIpc) is 2.91. The number of hydrazone groups is 1. The van der Waals surface area contributed by atoms with Gasteiger partial charge in [0.25, 0.3) is 21.5 Å². The second kappa shape index (κ2) is 11.7. The van der Waals surface area contributed by atoms with Crippen molar-refractivity contribution in [3.8, 4) is 5.75 Å². The SMILES string of the molecule is COc1ccc2cc(C(C)=NNc3ccc(S(=O)(=O)Nc4ccc(SC(F)F)cc4)cc3[N+](=O)[O-])ccc2c1. The Hall–Kier alpha value is -4.23. The number of thioether (sulfide) groups is 1.